The molecule has 100 valence electrons. The van der Waals surface area contributed by atoms with E-state index < -0.39 is 0 Å². The molecule has 1 aliphatic carbocycles. The second-order valence-corrected chi connectivity index (χ2v) is 6.39. The monoisotopic (exact) mass is 309 g/mol. The molecule has 1 aromatic carbocycles. The first-order chi connectivity index (χ1) is 8.70. The Labute approximate surface area is 119 Å². The third kappa shape index (κ3) is 3.50. The zero-order chi connectivity index (χ0) is 13.0. The molecule has 0 spiro atoms. The molecule has 1 fully saturated rings. The number of benzene rings is 1. The zero-order valence-electron chi connectivity index (χ0n) is 11.5. The van der Waals surface area contributed by atoms with Crippen LogP contribution in [0.4, 0.5) is 5.69 Å². The molecule has 1 N–H and O–H groups in total. The van der Waals surface area contributed by atoms with E-state index in [4.69, 9.17) is 0 Å². The Morgan fingerprint density at radius 1 is 1.22 bits per heavy atom. The fourth-order valence-corrected chi connectivity index (χ4v) is 3.28. The number of hydrogen-bond donors (Lipinski definition) is 1. The highest BCUT2D eigenvalue weighted by molar-refractivity contribution is 9.10. The Bertz CT molecular complexity index is 389. The first-order valence-corrected chi connectivity index (χ1v) is 8.01. The van der Waals surface area contributed by atoms with E-state index in [1.54, 1.807) is 0 Å². The lowest BCUT2D eigenvalue weighted by atomic mass is 9.98. The van der Waals surface area contributed by atoms with Gasteiger partial charge >= 0.3 is 0 Å². The Hall–Kier alpha value is -0.500. The van der Waals surface area contributed by atoms with Crippen LogP contribution in [0.25, 0.3) is 0 Å². The maximum atomic E-state index is 3.74. The van der Waals surface area contributed by atoms with Crippen molar-refractivity contribution in [2.45, 2.75) is 58.4 Å². The molecule has 0 bridgehead atoms. The minimum absolute atomic E-state index is 0.662. The Morgan fingerprint density at radius 2 is 2.06 bits per heavy atom. The van der Waals surface area contributed by atoms with Crippen LogP contribution in [0.15, 0.2) is 22.7 Å². The summed E-state index contributed by atoms with van der Waals surface area (Å²) in [6, 6.07) is 7.09. The van der Waals surface area contributed by atoms with E-state index in [1.807, 2.05) is 0 Å². The molecular weight excluding hydrogens is 286 g/mol. The molecule has 0 radical (unpaired) electrons. The molecule has 18 heavy (non-hydrogen) atoms. The predicted molar refractivity (Wildman–Crippen MR) is 83.2 cm³/mol. The summed E-state index contributed by atoms with van der Waals surface area (Å²) in [6.45, 7) is 4.51. The summed E-state index contributed by atoms with van der Waals surface area (Å²) < 4.78 is 1.20. The SMILES string of the molecule is CCC1CCCC(Nc2cccc(Br)c2C)CC1. The van der Waals surface area contributed by atoms with Crippen molar-refractivity contribution >= 4 is 21.6 Å². The molecule has 1 saturated carbocycles. The maximum absolute atomic E-state index is 3.74. The average molecular weight is 310 g/mol. The molecule has 0 amide bonds. The van der Waals surface area contributed by atoms with Gasteiger partial charge in [0.15, 0.2) is 0 Å². The van der Waals surface area contributed by atoms with Crippen LogP contribution in [0.2, 0.25) is 0 Å². The van der Waals surface area contributed by atoms with Crippen molar-refractivity contribution in [3.05, 3.63) is 28.2 Å². The quantitative estimate of drug-likeness (QED) is 0.724. The van der Waals surface area contributed by atoms with Gasteiger partial charge in [-0.3, -0.25) is 0 Å². The molecule has 2 rings (SSSR count). The zero-order valence-corrected chi connectivity index (χ0v) is 13.1. The number of halogens is 1. The molecule has 1 nitrogen and oxygen atoms in total. The lowest BCUT2D eigenvalue weighted by Gasteiger charge is -2.20. The van der Waals surface area contributed by atoms with Crippen molar-refractivity contribution in [1.29, 1.82) is 0 Å². The van der Waals surface area contributed by atoms with Crippen molar-refractivity contribution in [2.24, 2.45) is 5.92 Å². The van der Waals surface area contributed by atoms with Gasteiger partial charge in [-0.15, -0.1) is 0 Å². The van der Waals surface area contributed by atoms with Gasteiger partial charge in [0.2, 0.25) is 0 Å². The predicted octanol–water partition coefficient (Wildman–Crippen LogP) is 5.53. The minimum Gasteiger partial charge on any atom is -0.382 e. The normalized spacial score (nSPS) is 24.6. The van der Waals surface area contributed by atoms with Gasteiger partial charge in [-0.2, -0.15) is 0 Å². The van der Waals surface area contributed by atoms with Gasteiger partial charge in [-0.1, -0.05) is 48.2 Å². The van der Waals surface area contributed by atoms with Crippen molar-refractivity contribution in [2.75, 3.05) is 5.32 Å². The molecular formula is C16H24BrN. The first-order valence-electron chi connectivity index (χ1n) is 7.22. The van der Waals surface area contributed by atoms with E-state index >= 15 is 0 Å². The number of anilines is 1. The lowest BCUT2D eigenvalue weighted by Crippen LogP contribution is -2.19. The van der Waals surface area contributed by atoms with E-state index in [-0.39, 0.29) is 0 Å². The topological polar surface area (TPSA) is 12.0 Å². The average Bonchev–Trinajstić information content (AvgIpc) is 2.60. The molecule has 1 aromatic rings. The third-order valence-electron chi connectivity index (χ3n) is 4.29. The largest absolute Gasteiger partial charge is 0.382 e. The van der Waals surface area contributed by atoms with Gasteiger partial charge in [0, 0.05) is 16.2 Å². The molecule has 0 aromatic heterocycles. The van der Waals surface area contributed by atoms with Crippen LogP contribution in [0.5, 0.6) is 0 Å². The second-order valence-electron chi connectivity index (χ2n) is 5.54. The van der Waals surface area contributed by atoms with Crippen molar-refractivity contribution in [1.82, 2.24) is 0 Å². The van der Waals surface area contributed by atoms with Gasteiger partial charge in [-0.05, 0) is 49.8 Å². The van der Waals surface area contributed by atoms with Gasteiger partial charge in [-0.25, -0.2) is 0 Å². The summed E-state index contributed by atoms with van der Waals surface area (Å²) in [6.07, 6.45) is 8.19. The van der Waals surface area contributed by atoms with Crippen LogP contribution in [-0.2, 0) is 0 Å². The lowest BCUT2D eigenvalue weighted by molar-refractivity contribution is 0.444. The van der Waals surface area contributed by atoms with Gasteiger partial charge < -0.3 is 5.32 Å². The molecule has 0 aliphatic heterocycles. The van der Waals surface area contributed by atoms with Gasteiger partial charge in [0.05, 0.1) is 0 Å². The van der Waals surface area contributed by atoms with Crippen LogP contribution >= 0.6 is 15.9 Å². The molecule has 0 saturated heterocycles. The fraction of sp³-hybridized carbons (Fsp3) is 0.625. The van der Waals surface area contributed by atoms with E-state index in [0.29, 0.717) is 6.04 Å². The Balaban J connectivity index is 1.99. The van der Waals surface area contributed by atoms with Crippen LogP contribution in [0.1, 0.15) is 51.0 Å². The molecule has 2 heteroatoms. The summed E-state index contributed by atoms with van der Waals surface area (Å²) >= 11 is 3.61. The van der Waals surface area contributed by atoms with E-state index in [1.165, 1.54) is 54.2 Å². The number of nitrogens with one attached hydrogen (secondary N) is 1. The van der Waals surface area contributed by atoms with Crippen molar-refractivity contribution in [3.63, 3.8) is 0 Å². The molecule has 1 aliphatic rings. The molecule has 2 atom stereocenters. The fourth-order valence-electron chi connectivity index (χ4n) is 2.91. The van der Waals surface area contributed by atoms with Crippen LogP contribution in [0.3, 0.4) is 0 Å². The maximum Gasteiger partial charge on any atom is 0.0383 e. The second kappa shape index (κ2) is 6.60. The Kier molecular flexibility index (Phi) is 5.11. The number of hydrogen-bond acceptors (Lipinski definition) is 1. The molecule has 0 heterocycles. The Morgan fingerprint density at radius 3 is 2.83 bits per heavy atom. The van der Waals surface area contributed by atoms with Gasteiger partial charge in [0.1, 0.15) is 0 Å². The van der Waals surface area contributed by atoms with Crippen LogP contribution < -0.4 is 5.32 Å². The van der Waals surface area contributed by atoms with Gasteiger partial charge in [0.25, 0.3) is 0 Å². The highest BCUT2D eigenvalue weighted by Gasteiger charge is 2.18. The summed E-state index contributed by atoms with van der Waals surface area (Å²) in [5.74, 6) is 0.959. The van der Waals surface area contributed by atoms with Crippen LogP contribution in [-0.4, -0.2) is 6.04 Å². The van der Waals surface area contributed by atoms with E-state index in [2.05, 4.69) is 53.3 Å². The summed E-state index contributed by atoms with van der Waals surface area (Å²) in [5.41, 5.74) is 2.62. The summed E-state index contributed by atoms with van der Waals surface area (Å²) in [5, 5.41) is 3.74. The summed E-state index contributed by atoms with van der Waals surface area (Å²) in [4.78, 5) is 0. The van der Waals surface area contributed by atoms with Crippen molar-refractivity contribution < 1.29 is 0 Å². The highest BCUT2D eigenvalue weighted by atomic mass is 79.9. The molecule has 2 unspecified atom stereocenters. The van der Waals surface area contributed by atoms with Crippen molar-refractivity contribution in [3.8, 4) is 0 Å². The highest BCUT2D eigenvalue weighted by Crippen LogP contribution is 2.29. The van der Waals surface area contributed by atoms with E-state index in [9.17, 15) is 0 Å². The smallest absolute Gasteiger partial charge is 0.0383 e. The number of rotatable bonds is 3. The van der Waals surface area contributed by atoms with E-state index in [0.717, 1.165) is 5.92 Å². The standard InChI is InChI=1S/C16H24BrN/c1-3-13-6-4-7-14(11-10-13)18-16-9-5-8-15(17)12(16)2/h5,8-9,13-14,18H,3-4,6-7,10-11H2,1-2H3. The first kappa shape index (κ1) is 13.9. The van der Waals surface area contributed by atoms with Crippen LogP contribution in [0, 0.1) is 12.8 Å². The third-order valence-corrected chi connectivity index (χ3v) is 5.15. The minimum atomic E-state index is 0.662. The summed E-state index contributed by atoms with van der Waals surface area (Å²) in [7, 11) is 0.